The summed E-state index contributed by atoms with van der Waals surface area (Å²) in [5.74, 6) is 1.06. The molecule has 3 heteroatoms. The van der Waals surface area contributed by atoms with Crippen LogP contribution in [0.1, 0.15) is 42.3 Å². The zero-order valence-electron chi connectivity index (χ0n) is 12.1. The first-order valence-electron chi connectivity index (χ1n) is 6.51. The Kier molecular flexibility index (Phi) is 3.91. The summed E-state index contributed by atoms with van der Waals surface area (Å²) in [5.41, 5.74) is 5.47. The van der Waals surface area contributed by atoms with E-state index in [1.807, 2.05) is 6.92 Å². The fraction of sp³-hybridized carbons (Fsp3) is 0.375. The maximum absolute atomic E-state index is 6.25. The fourth-order valence-corrected chi connectivity index (χ4v) is 2.19. The lowest BCUT2D eigenvalue weighted by molar-refractivity contribution is 0.773. The molecular weight excluding hydrogens is 256 g/mol. The van der Waals surface area contributed by atoms with Crippen molar-refractivity contribution < 1.29 is 0 Å². The molecule has 0 atom stereocenters. The summed E-state index contributed by atoms with van der Waals surface area (Å²) in [6.45, 7) is 10.3. The predicted octanol–water partition coefficient (Wildman–Crippen LogP) is 4.85. The molecule has 1 aromatic heterocycles. The van der Waals surface area contributed by atoms with E-state index in [0.717, 1.165) is 22.6 Å². The molecule has 0 aliphatic carbocycles. The van der Waals surface area contributed by atoms with E-state index in [1.54, 1.807) is 0 Å². The summed E-state index contributed by atoms with van der Waals surface area (Å²) in [6.07, 6.45) is 0. The van der Waals surface area contributed by atoms with Crippen LogP contribution in [-0.2, 0) is 0 Å². The number of hydrogen-bond acceptors (Lipinski definition) is 2. The first-order valence-corrected chi connectivity index (χ1v) is 6.89. The third kappa shape index (κ3) is 2.79. The average Bonchev–Trinajstić information content (AvgIpc) is 2.35. The minimum atomic E-state index is 0.266. The molecule has 1 aromatic carbocycles. The summed E-state index contributed by atoms with van der Waals surface area (Å²) in [6, 6.07) is 6.39. The number of aromatic nitrogens is 2. The van der Waals surface area contributed by atoms with Gasteiger partial charge in [-0.05, 0) is 32.4 Å². The van der Waals surface area contributed by atoms with Gasteiger partial charge < -0.3 is 0 Å². The molecule has 0 spiro atoms. The highest BCUT2D eigenvalue weighted by molar-refractivity contribution is 6.30. The predicted molar refractivity (Wildman–Crippen MR) is 80.8 cm³/mol. The summed E-state index contributed by atoms with van der Waals surface area (Å²) in [4.78, 5) is 9.07. The van der Waals surface area contributed by atoms with Crippen LogP contribution in [0.25, 0.3) is 11.3 Å². The molecule has 0 aliphatic heterocycles. The van der Waals surface area contributed by atoms with Crippen LogP contribution in [-0.4, -0.2) is 9.97 Å². The van der Waals surface area contributed by atoms with Crippen LogP contribution in [0.15, 0.2) is 18.2 Å². The second kappa shape index (κ2) is 5.30. The molecule has 19 heavy (non-hydrogen) atoms. The Morgan fingerprint density at radius 3 is 2.37 bits per heavy atom. The first-order chi connectivity index (χ1) is 8.90. The van der Waals surface area contributed by atoms with Crippen LogP contribution in [0.3, 0.4) is 0 Å². The molecule has 1 heterocycles. The van der Waals surface area contributed by atoms with Gasteiger partial charge >= 0.3 is 0 Å². The van der Waals surface area contributed by atoms with Gasteiger partial charge in [0.15, 0.2) is 0 Å². The molecule has 0 bridgehead atoms. The van der Waals surface area contributed by atoms with Gasteiger partial charge in [0, 0.05) is 17.0 Å². The highest BCUT2D eigenvalue weighted by Gasteiger charge is 2.14. The second-order valence-electron chi connectivity index (χ2n) is 5.32. The SMILES string of the molecule is Cc1ccc(C)c(-c2nc(C(C)C)nc(Cl)c2C)c1. The number of rotatable bonds is 2. The highest BCUT2D eigenvalue weighted by Crippen LogP contribution is 2.30. The van der Waals surface area contributed by atoms with E-state index in [1.165, 1.54) is 11.1 Å². The van der Waals surface area contributed by atoms with Gasteiger partial charge in [0.25, 0.3) is 0 Å². The number of aryl methyl sites for hydroxylation is 2. The molecule has 0 saturated heterocycles. The van der Waals surface area contributed by atoms with Crippen molar-refractivity contribution in [3.05, 3.63) is 45.9 Å². The number of benzene rings is 1. The number of halogens is 1. The molecular formula is C16H19ClN2. The van der Waals surface area contributed by atoms with Crippen LogP contribution in [0.5, 0.6) is 0 Å². The monoisotopic (exact) mass is 274 g/mol. The standard InChI is InChI=1S/C16H19ClN2/c1-9(2)16-18-14(12(5)15(17)19-16)13-8-10(3)6-7-11(13)4/h6-9H,1-5H3. The molecule has 0 unspecified atom stereocenters. The Morgan fingerprint density at radius 2 is 1.74 bits per heavy atom. The van der Waals surface area contributed by atoms with E-state index in [-0.39, 0.29) is 5.92 Å². The second-order valence-corrected chi connectivity index (χ2v) is 5.68. The van der Waals surface area contributed by atoms with E-state index < -0.39 is 0 Å². The van der Waals surface area contributed by atoms with E-state index >= 15 is 0 Å². The van der Waals surface area contributed by atoms with Crippen molar-refractivity contribution >= 4 is 11.6 Å². The molecule has 0 saturated carbocycles. The van der Waals surface area contributed by atoms with Gasteiger partial charge in [0.05, 0.1) is 5.69 Å². The zero-order valence-corrected chi connectivity index (χ0v) is 12.8. The lowest BCUT2D eigenvalue weighted by atomic mass is 10.00. The normalized spacial score (nSPS) is 11.1. The zero-order chi connectivity index (χ0) is 14.2. The third-order valence-corrected chi connectivity index (χ3v) is 3.64. The molecule has 0 fully saturated rings. The molecule has 100 valence electrons. The summed E-state index contributed by atoms with van der Waals surface area (Å²) in [5, 5.41) is 0.551. The van der Waals surface area contributed by atoms with Crippen LogP contribution in [0.4, 0.5) is 0 Å². The van der Waals surface area contributed by atoms with E-state index in [2.05, 4.69) is 50.9 Å². The topological polar surface area (TPSA) is 25.8 Å². The van der Waals surface area contributed by atoms with Crippen molar-refractivity contribution in [2.75, 3.05) is 0 Å². The first kappa shape index (κ1) is 14.0. The lowest BCUT2D eigenvalue weighted by Crippen LogP contribution is -2.03. The molecule has 2 aromatic rings. The molecule has 2 nitrogen and oxygen atoms in total. The lowest BCUT2D eigenvalue weighted by Gasteiger charge is -2.13. The maximum Gasteiger partial charge on any atom is 0.136 e. The van der Waals surface area contributed by atoms with Crippen LogP contribution < -0.4 is 0 Å². The van der Waals surface area contributed by atoms with Gasteiger partial charge in [0.1, 0.15) is 11.0 Å². The Labute approximate surface area is 119 Å². The van der Waals surface area contributed by atoms with Gasteiger partial charge in [-0.15, -0.1) is 0 Å². The van der Waals surface area contributed by atoms with Crippen molar-refractivity contribution in [2.45, 2.75) is 40.5 Å². The van der Waals surface area contributed by atoms with Crippen LogP contribution in [0, 0.1) is 20.8 Å². The molecule has 2 rings (SSSR count). The quantitative estimate of drug-likeness (QED) is 0.732. The van der Waals surface area contributed by atoms with Gasteiger partial charge in [-0.3, -0.25) is 0 Å². The van der Waals surface area contributed by atoms with E-state index in [4.69, 9.17) is 16.6 Å². The Bertz CT molecular complexity index is 618. The largest absolute Gasteiger partial charge is 0.232 e. The summed E-state index contributed by atoms with van der Waals surface area (Å²) >= 11 is 6.25. The van der Waals surface area contributed by atoms with Crippen LogP contribution >= 0.6 is 11.6 Å². The van der Waals surface area contributed by atoms with Gasteiger partial charge in [-0.1, -0.05) is 43.1 Å². The number of nitrogens with zero attached hydrogens (tertiary/aromatic N) is 2. The fourth-order valence-electron chi connectivity index (χ4n) is 2.02. The average molecular weight is 275 g/mol. The van der Waals surface area contributed by atoms with E-state index in [9.17, 15) is 0 Å². The van der Waals surface area contributed by atoms with Crippen molar-refractivity contribution in [1.82, 2.24) is 9.97 Å². The Balaban J connectivity index is 2.70. The summed E-state index contributed by atoms with van der Waals surface area (Å²) < 4.78 is 0. The van der Waals surface area contributed by atoms with E-state index in [0.29, 0.717) is 5.15 Å². The van der Waals surface area contributed by atoms with Gasteiger partial charge in [-0.2, -0.15) is 0 Å². The van der Waals surface area contributed by atoms with Crippen molar-refractivity contribution in [3.63, 3.8) is 0 Å². The van der Waals surface area contributed by atoms with Gasteiger partial charge in [0.2, 0.25) is 0 Å². The third-order valence-electron chi connectivity index (χ3n) is 3.27. The Morgan fingerprint density at radius 1 is 1.05 bits per heavy atom. The highest BCUT2D eigenvalue weighted by atomic mass is 35.5. The Hall–Kier alpha value is -1.41. The van der Waals surface area contributed by atoms with Crippen molar-refractivity contribution in [2.24, 2.45) is 0 Å². The van der Waals surface area contributed by atoms with Gasteiger partial charge in [-0.25, -0.2) is 9.97 Å². The number of hydrogen-bond donors (Lipinski definition) is 0. The van der Waals surface area contributed by atoms with Crippen molar-refractivity contribution in [1.29, 1.82) is 0 Å². The minimum Gasteiger partial charge on any atom is -0.232 e. The molecule has 0 radical (unpaired) electrons. The molecule has 0 aliphatic rings. The minimum absolute atomic E-state index is 0.266. The molecule has 0 amide bonds. The maximum atomic E-state index is 6.25. The summed E-state index contributed by atoms with van der Waals surface area (Å²) in [7, 11) is 0. The molecule has 0 N–H and O–H groups in total. The van der Waals surface area contributed by atoms with Crippen molar-refractivity contribution in [3.8, 4) is 11.3 Å². The van der Waals surface area contributed by atoms with Crippen LogP contribution in [0.2, 0.25) is 5.15 Å². The smallest absolute Gasteiger partial charge is 0.136 e.